The van der Waals surface area contributed by atoms with Crippen LogP contribution in [0.3, 0.4) is 0 Å². The first-order valence-electron chi connectivity index (χ1n) is 4.48. The van der Waals surface area contributed by atoms with Crippen LogP contribution in [-0.2, 0) is 0 Å². The molecule has 3 heteroatoms. The quantitative estimate of drug-likeness (QED) is 0.469. The van der Waals surface area contributed by atoms with Gasteiger partial charge >= 0.3 is 0 Å². The molecule has 0 spiro atoms. The Kier molecular flexibility index (Phi) is 4.01. The average molecular weight is 211 g/mol. The summed E-state index contributed by atoms with van der Waals surface area (Å²) in [5.41, 5.74) is 7.32. The molecule has 0 saturated carbocycles. The summed E-state index contributed by atoms with van der Waals surface area (Å²) in [6.07, 6.45) is 0.966. The number of nitrogens with two attached hydrogens (primary N) is 1. The number of rotatable bonds is 4. The zero-order valence-corrected chi connectivity index (χ0v) is 9.03. The Hall–Kier alpha value is -0.960. The summed E-state index contributed by atoms with van der Waals surface area (Å²) >= 11 is 1.60. The highest BCUT2D eigenvalue weighted by Crippen LogP contribution is 2.27. The van der Waals surface area contributed by atoms with Crippen LogP contribution in [0.5, 0.6) is 0 Å². The molecule has 1 rings (SSSR count). The molecule has 14 heavy (non-hydrogen) atoms. The minimum absolute atomic E-state index is 0.291. The van der Waals surface area contributed by atoms with Crippen molar-refractivity contribution in [1.29, 1.82) is 0 Å². The van der Waals surface area contributed by atoms with Crippen LogP contribution in [0.1, 0.15) is 13.3 Å². The maximum absolute atomic E-state index is 12.7. The molecular weight excluding hydrogens is 197 g/mol. The van der Waals surface area contributed by atoms with Crippen molar-refractivity contribution >= 4 is 17.4 Å². The molecule has 76 valence electrons. The van der Waals surface area contributed by atoms with Crippen molar-refractivity contribution in [2.45, 2.75) is 18.2 Å². The van der Waals surface area contributed by atoms with E-state index in [2.05, 4.69) is 13.5 Å². The van der Waals surface area contributed by atoms with Crippen molar-refractivity contribution in [1.82, 2.24) is 0 Å². The zero-order valence-electron chi connectivity index (χ0n) is 8.22. The fourth-order valence-electron chi connectivity index (χ4n) is 0.933. The van der Waals surface area contributed by atoms with Crippen molar-refractivity contribution in [3.63, 3.8) is 0 Å². The van der Waals surface area contributed by atoms with Crippen molar-refractivity contribution < 1.29 is 4.39 Å². The van der Waals surface area contributed by atoms with Crippen LogP contribution in [0.15, 0.2) is 35.2 Å². The Balaban J connectivity index is 2.63. The Morgan fingerprint density at radius 3 is 2.86 bits per heavy atom. The van der Waals surface area contributed by atoms with Gasteiger partial charge in [0, 0.05) is 16.3 Å². The highest BCUT2D eigenvalue weighted by molar-refractivity contribution is 7.99. The zero-order chi connectivity index (χ0) is 10.6. The predicted molar refractivity (Wildman–Crippen MR) is 61.0 cm³/mol. The lowest BCUT2D eigenvalue weighted by atomic mass is 10.3. The SMILES string of the molecule is C=C(CC)CSc1ccc(F)cc1N. The summed E-state index contributed by atoms with van der Waals surface area (Å²) in [6.45, 7) is 5.97. The van der Waals surface area contributed by atoms with E-state index in [9.17, 15) is 4.39 Å². The van der Waals surface area contributed by atoms with Crippen LogP contribution in [0.4, 0.5) is 10.1 Å². The number of thioether (sulfide) groups is 1. The first-order valence-corrected chi connectivity index (χ1v) is 5.46. The summed E-state index contributed by atoms with van der Waals surface area (Å²) in [5.74, 6) is 0.549. The second kappa shape index (κ2) is 5.05. The maximum atomic E-state index is 12.7. The smallest absolute Gasteiger partial charge is 0.125 e. The van der Waals surface area contributed by atoms with Crippen LogP contribution in [0.25, 0.3) is 0 Å². The third-order valence-electron chi connectivity index (χ3n) is 1.90. The fourth-order valence-corrected chi connectivity index (χ4v) is 1.89. The van der Waals surface area contributed by atoms with Gasteiger partial charge in [-0.15, -0.1) is 11.8 Å². The van der Waals surface area contributed by atoms with Gasteiger partial charge in [0.05, 0.1) is 0 Å². The number of benzene rings is 1. The van der Waals surface area contributed by atoms with Gasteiger partial charge in [-0.1, -0.05) is 19.1 Å². The third kappa shape index (κ3) is 3.07. The van der Waals surface area contributed by atoms with Crippen molar-refractivity contribution in [3.05, 3.63) is 36.2 Å². The molecule has 0 heterocycles. The van der Waals surface area contributed by atoms with Gasteiger partial charge < -0.3 is 5.73 Å². The Morgan fingerprint density at radius 2 is 2.29 bits per heavy atom. The monoisotopic (exact) mass is 211 g/mol. The molecule has 0 radical (unpaired) electrons. The largest absolute Gasteiger partial charge is 0.398 e. The molecule has 0 atom stereocenters. The minimum Gasteiger partial charge on any atom is -0.398 e. The number of anilines is 1. The van der Waals surface area contributed by atoms with Gasteiger partial charge in [-0.25, -0.2) is 4.39 Å². The summed E-state index contributed by atoms with van der Waals surface area (Å²) < 4.78 is 12.7. The van der Waals surface area contributed by atoms with Gasteiger partial charge in [0.25, 0.3) is 0 Å². The van der Waals surface area contributed by atoms with Gasteiger partial charge in [0.1, 0.15) is 5.82 Å². The molecule has 0 aromatic heterocycles. The van der Waals surface area contributed by atoms with Gasteiger partial charge in [-0.3, -0.25) is 0 Å². The van der Waals surface area contributed by atoms with E-state index in [1.54, 1.807) is 17.8 Å². The van der Waals surface area contributed by atoms with Crippen molar-refractivity contribution in [2.24, 2.45) is 0 Å². The topological polar surface area (TPSA) is 26.0 Å². The van der Waals surface area contributed by atoms with E-state index in [0.29, 0.717) is 5.69 Å². The van der Waals surface area contributed by atoms with E-state index in [1.807, 2.05) is 0 Å². The molecular formula is C11H14FNS. The van der Waals surface area contributed by atoms with Gasteiger partial charge in [-0.05, 0) is 24.6 Å². The normalized spacial score (nSPS) is 10.1. The molecule has 0 aliphatic carbocycles. The van der Waals surface area contributed by atoms with Gasteiger partial charge in [0.15, 0.2) is 0 Å². The molecule has 0 bridgehead atoms. The van der Waals surface area contributed by atoms with Gasteiger partial charge in [0.2, 0.25) is 0 Å². The molecule has 1 nitrogen and oxygen atoms in total. The lowest BCUT2D eigenvalue weighted by Crippen LogP contribution is -1.91. The highest BCUT2D eigenvalue weighted by Gasteiger charge is 2.01. The molecule has 0 unspecified atom stereocenters. The standard InChI is InChI=1S/C11H14FNS/c1-3-8(2)7-14-11-5-4-9(12)6-10(11)13/h4-6H,2-3,7,13H2,1H3. The number of halogens is 1. The molecule has 0 saturated heterocycles. The summed E-state index contributed by atoms with van der Waals surface area (Å²) in [5, 5.41) is 0. The Labute approximate surface area is 88.2 Å². The Bertz CT molecular complexity index is 336. The second-order valence-electron chi connectivity index (χ2n) is 3.07. The van der Waals surface area contributed by atoms with Crippen LogP contribution in [-0.4, -0.2) is 5.75 Å². The highest BCUT2D eigenvalue weighted by atomic mass is 32.2. The fraction of sp³-hybridized carbons (Fsp3) is 0.273. The van der Waals surface area contributed by atoms with E-state index in [-0.39, 0.29) is 5.82 Å². The van der Waals surface area contributed by atoms with E-state index in [0.717, 1.165) is 17.1 Å². The number of hydrogen-bond donors (Lipinski definition) is 1. The lowest BCUT2D eigenvalue weighted by Gasteiger charge is -2.05. The third-order valence-corrected chi connectivity index (χ3v) is 3.14. The molecule has 1 aromatic rings. The summed E-state index contributed by atoms with van der Waals surface area (Å²) in [7, 11) is 0. The average Bonchev–Trinajstić information content (AvgIpc) is 2.16. The maximum Gasteiger partial charge on any atom is 0.125 e. The molecule has 0 aliphatic rings. The number of nitrogen functional groups attached to an aromatic ring is 1. The molecule has 0 fully saturated rings. The molecule has 2 N–H and O–H groups in total. The van der Waals surface area contributed by atoms with Crippen LogP contribution in [0.2, 0.25) is 0 Å². The first-order chi connectivity index (χ1) is 6.63. The molecule has 0 amide bonds. The van der Waals surface area contributed by atoms with Gasteiger partial charge in [-0.2, -0.15) is 0 Å². The molecule has 1 aromatic carbocycles. The van der Waals surface area contributed by atoms with E-state index >= 15 is 0 Å². The lowest BCUT2D eigenvalue weighted by molar-refractivity contribution is 0.627. The van der Waals surface area contributed by atoms with E-state index in [1.165, 1.54) is 17.7 Å². The van der Waals surface area contributed by atoms with Crippen molar-refractivity contribution in [2.75, 3.05) is 11.5 Å². The van der Waals surface area contributed by atoms with E-state index in [4.69, 9.17) is 5.73 Å². The predicted octanol–water partition coefficient (Wildman–Crippen LogP) is 3.47. The minimum atomic E-state index is -0.291. The number of hydrogen-bond acceptors (Lipinski definition) is 2. The van der Waals surface area contributed by atoms with Crippen LogP contribution < -0.4 is 5.73 Å². The Morgan fingerprint density at radius 1 is 1.57 bits per heavy atom. The van der Waals surface area contributed by atoms with E-state index < -0.39 is 0 Å². The molecule has 0 aliphatic heterocycles. The van der Waals surface area contributed by atoms with Crippen LogP contribution >= 0.6 is 11.8 Å². The van der Waals surface area contributed by atoms with Crippen LogP contribution in [0, 0.1) is 5.82 Å². The van der Waals surface area contributed by atoms with Crippen molar-refractivity contribution in [3.8, 4) is 0 Å². The first kappa shape index (κ1) is 11.1. The second-order valence-corrected chi connectivity index (χ2v) is 4.09. The summed E-state index contributed by atoms with van der Waals surface area (Å²) in [4.78, 5) is 0.918. The summed E-state index contributed by atoms with van der Waals surface area (Å²) in [6, 6.07) is 4.47.